The molecule has 1 nitrogen and oxygen atoms in total. The molecule has 18 heavy (non-hydrogen) atoms. The van der Waals surface area contributed by atoms with E-state index in [1.54, 1.807) is 6.07 Å². The summed E-state index contributed by atoms with van der Waals surface area (Å²) >= 11 is 3.29. The summed E-state index contributed by atoms with van der Waals surface area (Å²) in [5, 5.41) is 0.613. The second kappa shape index (κ2) is 5.10. The lowest BCUT2D eigenvalue weighted by Gasteiger charge is -2.07. The third-order valence-corrected chi connectivity index (χ3v) is 3.03. The molecular weight excluding hydrogens is 307 g/mol. The number of hydrogen-bond donors (Lipinski definition) is 0. The van der Waals surface area contributed by atoms with Crippen LogP contribution in [0.5, 0.6) is 0 Å². The first-order valence-electron chi connectivity index (χ1n) is 5.20. The second-order valence-corrected chi connectivity index (χ2v) is 4.28. The molecule has 0 radical (unpaired) electrons. The predicted octanol–water partition coefficient (Wildman–Crippen LogP) is 4.66. The molecule has 0 aliphatic carbocycles. The minimum absolute atomic E-state index is 0.613. The van der Waals surface area contributed by atoms with Crippen molar-refractivity contribution in [3.8, 4) is 11.3 Å². The monoisotopic (exact) mass is 315 g/mol. The summed E-state index contributed by atoms with van der Waals surface area (Å²) in [5.41, 5.74) is 1.53. The van der Waals surface area contributed by atoms with Crippen LogP contribution in [-0.4, -0.2) is 4.98 Å². The number of pyridine rings is 1. The molecule has 94 valence electrons. The van der Waals surface area contributed by atoms with Gasteiger partial charge in [-0.25, -0.2) is 0 Å². The Kier molecular flexibility index (Phi) is 3.71. The highest BCUT2D eigenvalue weighted by atomic mass is 79.9. The molecule has 1 aromatic carbocycles. The lowest BCUT2D eigenvalue weighted by molar-refractivity contribution is -0.137. The lowest BCUT2D eigenvalue weighted by atomic mass is 10.1. The Labute approximate surface area is 111 Å². The molecular formula is C13H9BrF3N. The van der Waals surface area contributed by atoms with Crippen molar-refractivity contribution in [2.24, 2.45) is 0 Å². The number of rotatable bonds is 2. The largest absolute Gasteiger partial charge is 0.416 e. The first-order chi connectivity index (χ1) is 8.50. The molecule has 0 amide bonds. The van der Waals surface area contributed by atoms with Crippen molar-refractivity contribution in [2.45, 2.75) is 11.5 Å². The fourth-order valence-electron chi connectivity index (χ4n) is 1.54. The summed E-state index contributed by atoms with van der Waals surface area (Å²) in [6.07, 6.45) is -4.30. The van der Waals surface area contributed by atoms with Crippen LogP contribution in [0.3, 0.4) is 0 Å². The van der Waals surface area contributed by atoms with Crippen LogP contribution in [0, 0.1) is 0 Å². The molecule has 5 heteroatoms. The number of aromatic nitrogens is 1. The van der Waals surface area contributed by atoms with Crippen LogP contribution in [0.2, 0.25) is 0 Å². The van der Waals surface area contributed by atoms with Crippen molar-refractivity contribution in [2.75, 3.05) is 0 Å². The van der Waals surface area contributed by atoms with Crippen LogP contribution in [0.1, 0.15) is 11.3 Å². The van der Waals surface area contributed by atoms with Gasteiger partial charge in [0.05, 0.1) is 17.0 Å². The Bertz CT molecular complexity index is 535. The summed E-state index contributed by atoms with van der Waals surface area (Å²) in [7, 11) is 0. The summed E-state index contributed by atoms with van der Waals surface area (Å²) < 4.78 is 37.3. The van der Waals surface area contributed by atoms with Gasteiger partial charge in [-0.1, -0.05) is 34.1 Å². The Morgan fingerprint density at radius 3 is 2.22 bits per heavy atom. The van der Waals surface area contributed by atoms with E-state index in [0.29, 0.717) is 16.6 Å². The molecule has 0 spiro atoms. The maximum Gasteiger partial charge on any atom is 0.416 e. The SMILES string of the molecule is FC(F)(F)c1ccc(-c2cccc(CBr)n2)cc1. The molecule has 0 aliphatic rings. The van der Waals surface area contributed by atoms with Gasteiger partial charge in [-0.15, -0.1) is 0 Å². The number of benzene rings is 1. The van der Waals surface area contributed by atoms with Crippen LogP contribution in [0.25, 0.3) is 11.3 Å². The van der Waals surface area contributed by atoms with Gasteiger partial charge in [0.2, 0.25) is 0 Å². The van der Waals surface area contributed by atoms with Gasteiger partial charge < -0.3 is 0 Å². The van der Waals surface area contributed by atoms with E-state index in [4.69, 9.17) is 0 Å². The van der Waals surface area contributed by atoms with Crippen LogP contribution in [0.15, 0.2) is 42.5 Å². The highest BCUT2D eigenvalue weighted by molar-refractivity contribution is 9.08. The second-order valence-electron chi connectivity index (χ2n) is 3.72. The molecule has 2 aromatic rings. The van der Waals surface area contributed by atoms with Gasteiger partial charge in [0.1, 0.15) is 0 Å². The lowest BCUT2D eigenvalue weighted by Crippen LogP contribution is -2.04. The number of alkyl halides is 4. The Morgan fingerprint density at radius 2 is 1.67 bits per heavy atom. The van der Waals surface area contributed by atoms with Crippen molar-refractivity contribution < 1.29 is 13.2 Å². The topological polar surface area (TPSA) is 12.9 Å². The van der Waals surface area contributed by atoms with Gasteiger partial charge in [-0.3, -0.25) is 4.98 Å². The van der Waals surface area contributed by atoms with Crippen LogP contribution >= 0.6 is 15.9 Å². The average Bonchev–Trinajstić information content (AvgIpc) is 2.38. The molecule has 0 saturated heterocycles. The smallest absolute Gasteiger partial charge is 0.252 e. The van der Waals surface area contributed by atoms with Crippen LogP contribution in [0.4, 0.5) is 13.2 Å². The number of nitrogens with zero attached hydrogens (tertiary/aromatic N) is 1. The molecule has 0 fully saturated rings. The zero-order valence-corrected chi connectivity index (χ0v) is 10.8. The van der Waals surface area contributed by atoms with E-state index in [2.05, 4.69) is 20.9 Å². The maximum atomic E-state index is 12.4. The highest BCUT2D eigenvalue weighted by Crippen LogP contribution is 2.30. The molecule has 1 aromatic heterocycles. The zero-order chi connectivity index (χ0) is 13.2. The third kappa shape index (κ3) is 2.90. The van der Waals surface area contributed by atoms with E-state index in [1.165, 1.54) is 12.1 Å². The van der Waals surface area contributed by atoms with E-state index < -0.39 is 11.7 Å². The minimum Gasteiger partial charge on any atom is -0.252 e. The minimum atomic E-state index is -4.30. The van der Waals surface area contributed by atoms with Gasteiger partial charge in [0.25, 0.3) is 0 Å². The quantitative estimate of drug-likeness (QED) is 0.734. The van der Waals surface area contributed by atoms with E-state index in [0.717, 1.165) is 17.8 Å². The van der Waals surface area contributed by atoms with Crippen molar-refractivity contribution >= 4 is 15.9 Å². The molecule has 0 unspecified atom stereocenters. The maximum absolute atomic E-state index is 12.4. The van der Waals surface area contributed by atoms with Crippen molar-refractivity contribution in [3.63, 3.8) is 0 Å². The Balaban J connectivity index is 2.34. The van der Waals surface area contributed by atoms with Gasteiger partial charge in [0, 0.05) is 10.9 Å². The Hall–Kier alpha value is -1.36. The molecule has 2 rings (SSSR count). The molecule has 0 atom stereocenters. The standard InChI is InChI=1S/C13H9BrF3N/c14-8-11-2-1-3-12(18-11)9-4-6-10(7-5-9)13(15,16)17/h1-7H,8H2. The van der Waals surface area contributed by atoms with Gasteiger partial charge >= 0.3 is 6.18 Å². The van der Waals surface area contributed by atoms with Gasteiger partial charge in [-0.2, -0.15) is 13.2 Å². The molecule has 0 N–H and O–H groups in total. The van der Waals surface area contributed by atoms with E-state index >= 15 is 0 Å². The van der Waals surface area contributed by atoms with Gasteiger partial charge in [-0.05, 0) is 24.3 Å². The fourth-order valence-corrected chi connectivity index (χ4v) is 1.86. The molecule has 0 aliphatic heterocycles. The first kappa shape index (κ1) is 13.1. The summed E-state index contributed by atoms with van der Waals surface area (Å²) in [5.74, 6) is 0. The summed E-state index contributed by atoms with van der Waals surface area (Å²) in [6, 6.07) is 10.5. The van der Waals surface area contributed by atoms with Crippen LogP contribution < -0.4 is 0 Å². The van der Waals surface area contributed by atoms with Gasteiger partial charge in [0.15, 0.2) is 0 Å². The predicted molar refractivity (Wildman–Crippen MR) is 67.3 cm³/mol. The normalized spacial score (nSPS) is 11.6. The zero-order valence-electron chi connectivity index (χ0n) is 9.21. The number of hydrogen-bond acceptors (Lipinski definition) is 1. The first-order valence-corrected chi connectivity index (χ1v) is 6.32. The van der Waals surface area contributed by atoms with E-state index in [1.807, 2.05) is 12.1 Å². The summed E-state index contributed by atoms with van der Waals surface area (Å²) in [6.45, 7) is 0. The van der Waals surface area contributed by atoms with E-state index in [-0.39, 0.29) is 0 Å². The summed E-state index contributed by atoms with van der Waals surface area (Å²) in [4.78, 5) is 4.33. The van der Waals surface area contributed by atoms with Crippen LogP contribution in [-0.2, 0) is 11.5 Å². The van der Waals surface area contributed by atoms with Crippen molar-refractivity contribution in [1.29, 1.82) is 0 Å². The average molecular weight is 316 g/mol. The molecule has 0 saturated carbocycles. The van der Waals surface area contributed by atoms with Crippen molar-refractivity contribution in [3.05, 3.63) is 53.7 Å². The molecule has 0 bridgehead atoms. The molecule has 1 heterocycles. The fraction of sp³-hybridized carbons (Fsp3) is 0.154. The van der Waals surface area contributed by atoms with Crippen molar-refractivity contribution in [1.82, 2.24) is 4.98 Å². The third-order valence-electron chi connectivity index (χ3n) is 2.45. The highest BCUT2D eigenvalue weighted by Gasteiger charge is 2.29. The Morgan fingerprint density at radius 1 is 1.00 bits per heavy atom. The number of halogens is 4. The van der Waals surface area contributed by atoms with E-state index in [9.17, 15) is 13.2 Å².